The van der Waals surface area contributed by atoms with Crippen LogP contribution in [0.15, 0.2) is 0 Å². The number of ether oxygens (including phenoxy) is 1. The maximum absolute atomic E-state index is 12.3. The molecule has 1 aliphatic carbocycles. The van der Waals surface area contributed by atoms with Crippen molar-refractivity contribution in [3.63, 3.8) is 0 Å². The zero-order valence-electron chi connectivity index (χ0n) is 11.6. The van der Waals surface area contributed by atoms with Gasteiger partial charge in [0.15, 0.2) is 5.78 Å². The van der Waals surface area contributed by atoms with E-state index in [2.05, 4.69) is 6.92 Å². The molecule has 2 rings (SSSR count). The predicted molar refractivity (Wildman–Crippen MR) is 72.4 cm³/mol. The van der Waals surface area contributed by atoms with Gasteiger partial charge in [-0.15, -0.1) is 0 Å². The molecule has 1 saturated carbocycles. The standard InChI is InChI=1S/C15H27NO2/c1-2-6-13(16)14(17)12-7-10-18-15(11-12)8-4-3-5-9-15/h12-13H,2-11,16H2,1H3. The fourth-order valence-corrected chi connectivity index (χ4v) is 3.57. The second-order valence-corrected chi connectivity index (χ2v) is 6.08. The third-order valence-corrected chi connectivity index (χ3v) is 4.63. The van der Waals surface area contributed by atoms with E-state index in [0.717, 1.165) is 45.1 Å². The number of carbonyl (C=O) groups is 1. The van der Waals surface area contributed by atoms with Gasteiger partial charge in [0.2, 0.25) is 0 Å². The van der Waals surface area contributed by atoms with Gasteiger partial charge >= 0.3 is 0 Å². The number of rotatable bonds is 4. The second-order valence-electron chi connectivity index (χ2n) is 6.08. The highest BCUT2D eigenvalue weighted by molar-refractivity contribution is 5.86. The third-order valence-electron chi connectivity index (χ3n) is 4.63. The number of nitrogens with two attached hydrogens (primary N) is 1. The van der Waals surface area contributed by atoms with Crippen molar-refractivity contribution >= 4 is 5.78 Å². The van der Waals surface area contributed by atoms with Crippen molar-refractivity contribution in [2.45, 2.75) is 76.4 Å². The van der Waals surface area contributed by atoms with Gasteiger partial charge in [-0.1, -0.05) is 32.6 Å². The quantitative estimate of drug-likeness (QED) is 0.838. The Morgan fingerprint density at radius 3 is 2.78 bits per heavy atom. The van der Waals surface area contributed by atoms with Gasteiger partial charge in [-0.3, -0.25) is 4.79 Å². The van der Waals surface area contributed by atoms with Crippen LogP contribution in [-0.2, 0) is 9.53 Å². The molecule has 1 spiro atoms. The van der Waals surface area contributed by atoms with E-state index < -0.39 is 0 Å². The summed E-state index contributed by atoms with van der Waals surface area (Å²) in [5.41, 5.74) is 6.00. The topological polar surface area (TPSA) is 52.3 Å². The van der Waals surface area contributed by atoms with Gasteiger partial charge in [0.1, 0.15) is 0 Å². The molecule has 1 aliphatic heterocycles. The number of carbonyl (C=O) groups excluding carboxylic acids is 1. The lowest BCUT2D eigenvalue weighted by Crippen LogP contribution is -2.46. The van der Waals surface area contributed by atoms with Crippen LogP contribution in [0.3, 0.4) is 0 Å². The molecule has 2 unspecified atom stereocenters. The Hall–Kier alpha value is -0.410. The predicted octanol–water partition coefficient (Wildman–Crippen LogP) is 2.81. The highest BCUT2D eigenvalue weighted by Crippen LogP contribution is 2.41. The summed E-state index contributed by atoms with van der Waals surface area (Å²) in [7, 11) is 0. The molecule has 104 valence electrons. The van der Waals surface area contributed by atoms with E-state index in [1.165, 1.54) is 19.3 Å². The molecule has 3 nitrogen and oxygen atoms in total. The highest BCUT2D eigenvalue weighted by atomic mass is 16.5. The van der Waals surface area contributed by atoms with Gasteiger partial charge in [-0.2, -0.15) is 0 Å². The molecule has 18 heavy (non-hydrogen) atoms. The molecule has 1 saturated heterocycles. The van der Waals surface area contributed by atoms with Crippen LogP contribution in [0.5, 0.6) is 0 Å². The van der Waals surface area contributed by atoms with Crippen LogP contribution in [0.2, 0.25) is 0 Å². The molecule has 1 heterocycles. The van der Waals surface area contributed by atoms with Crippen LogP contribution in [0.25, 0.3) is 0 Å². The van der Waals surface area contributed by atoms with E-state index in [1.54, 1.807) is 0 Å². The van der Waals surface area contributed by atoms with Crippen LogP contribution in [-0.4, -0.2) is 24.0 Å². The van der Waals surface area contributed by atoms with Crippen LogP contribution in [0, 0.1) is 5.92 Å². The van der Waals surface area contributed by atoms with E-state index in [9.17, 15) is 4.79 Å². The average molecular weight is 253 g/mol. The number of hydrogen-bond acceptors (Lipinski definition) is 3. The summed E-state index contributed by atoms with van der Waals surface area (Å²) in [6.45, 7) is 2.83. The Morgan fingerprint density at radius 2 is 2.11 bits per heavy atom. The molecular weight excluding hydrogens is 226 g/mol. The van der Waals surface area contributed by atoms with E-state index in [4.69, 9.17) is 10.5 Å². The fraction of sp³-hybridized carbons (Fsp3) is 0.933. The van der Waals surface area contributed by atoms with Gasteiger partial charge in [-0.05, 0) is 32.1 Å². The van der Waals surface area contributed by atoms with E-state index in [0.29, 0.717) is 0 Å². The Balaban J connectivity index is 1.95. The first-order chi connectivity index (χ1) is 8.67. The van der Waals surface area contributed by atoms with Gasteiger partial charge in [-0.25, -0.2) is 0 Å². The number of ketones is 1. The second kappa shape index (κ2) is 6.16. The normalized spacial score (nSPS) is 29.1. The zero-order chi connectivity index (χ0) is 13.0. The molecular formula is C15H27NO2. The minimum atomic E-state index is -0.251. The molecule has 3 heteroatoms. The first-order valence-corrected chi connectivity index (χ1v) is 7.60. The number of hydrogen-bond donors (Lipinski definition) is 1. The molecule has 2 aliphatic rings. The van der Waals surface area contributed by atoms with Crippen LogP contribution in [0.1, 0.15) is 64.7 Å². The van der Waals surface area contributed by atoms with E-state index in [-0.39, 0.29) is 23.3 Å². The summed E-state index contributed by atoms with van der Waals surface area (Å²) >= 11 is 0. The van der Waals surface area contributed by atoms with Crippen molar-refractivity contribution in [1.82, 2.24) is 0 Å². The van der Waals surface area contributed by atoms with Crippen molar-refractivity contribution in [3.8, 4) is 0 Å². The lowest BCUT2D eigenvalue weighted by atomic mass is 9.74. The molecule has 0 bridgehead atoms. The first kappa shape index (κ1) is 14.0. The summed E-state index contributed by atoms with van der Waals surface area (Å²) in [5.74, 6) is 0.434. The van der Waals surface area contributed by atoms with Crippen LogP contribution in [0.4, 0.5) is 0 Å². The maximum Gasteiger partial charge on any atom is 0.152 e. The van der Waals surface area contributed by atoms with Crippen molar-refractivity contribution in [2.75, 3.05) is 6.61 Å². The summed E-state index contributed by atoms with van der Waals surface area (Å²) in [6, 6.07) is -0.251. The molecule has 0 amide bonds. The Kier molecular flexibility index (Phi) is 4.79. The summed E-state index contributed by atoms with van der Waals surface area (Å²) in [5, 5.41) is 0. The van der Waals surface area contributed by atoms with Crippen LogP contribution >= 0.6 is 0 Å². The largest absolute Gasteiger partial charge is 0.375 e. The number of Topliss-reactive ketones (excluding diaryl/α,β-unsaturated/α-hetero) is 1. The molecule has 0 radical (unpaired) electrons. The first-order valence-electron chi connectivity index (χ1n) is 7.60. The van der Waals surface area contributed by atoms with Gasteiger partial charge in [0.25, 0.3) is 0 Å². The summed E-state index contributed by atoms with van der Waals surface area (Å²) in [4.78, 5) is 12.3. The van der Waals surface area contributed by atoms with E-state index in [1.807, 2.05) is 0 Å². The summed E-state index contributed by atoms with van der Waals surface area (Å²) in [6.07, 6.45) is 9.70. The van der Waals surface area contributed by atoms with Gasteiger partial charge < -0.3 is 10.5 Å². The average Bonchev–Trinajstić information content (AvgIpc) is 2.39. The molecule has 2 N–H and O–H groups in total. The third kappa shape index (κ3) is 3.12. The SMILES string of the molecule is CCCC(N)C(=O)C1CCOC2(CCCCC2)C1. The minimum Gasteiger partial charge on any atom is -0.375 e. The van der Waals surface area contributed by atoms with Crippen molar-refractivity contribution in [3.05, 3.63) is 0 Å². The Labute approximate surface area is 110 Å². The molecule has 0 aromatic rings. The van der Waals surface area contributed by atoms with Gasteiger partial charge in [0, 0.05) is 12.5 Å². The Bertz CT molecular complexity index is 279. The Morgan fingerprint density at radius 1 is 1.39 bits per heavy atom. The van der Waals surface area contributed by atoms with E-state index >= 15 is 0 Å². The smallest absolute Gasteiger partial charge is 0.152 e. The summed E-state index contributed by atoms with van der Waals surface area (Å²) < 4.78 is 6.03. The van der Waals surface area contributed by atoms with Crippen molar-refractivity contribution in [1.29, 1.82) is 0 Å². The lowest BCUT2D eigenvalue weighted by molar-refractivity contribution is -0.144. The monoisotopic (exact) mass is 253 g/mol. The fourth-order valence-electron chi connectivity index (χ4n) is 3.57. The van der Waals surface area contributed by atoms with Crippen molar-refractivity contribution in [2.24, 2.45) is 11.7 Å². The molecule has 0 aromatic heterocycles. The molecule has 2 atom stereocenters. The minimum absolute atomic E-state index is 0.0166. The lowest BCUT2D eigenvalue weighted by Gasteiger charge is -2.43. The highest BCUT2D eigenvalue weighted by Gasteiger charge is 2.41. The molecule has 0 aromatic carbocycles. The van der Waals surface area contributed by atoms with Crippen LogP contribution < -0.4 is 5.73 Å². The van der Waals surface area contributed by atoms with Crippen molar-refractivity contribution < 1.29 is 9.53 Å². The zero-order valence-corrected chi connectivity index (χ0v) is 11.6. The maximum atomic E-state index is 12.3. The van der Waals surface area contributed by atoms with Gasteiger partial charge in [0.05, 0.1) is 11.6 Å². The molecule has 2 fully saturated rings.